The molecule has 0 radical (unpaired) electrons. The Morgan fingerprint density at radius 2 is 2.29 bits per heavy atom. The van der Waals surface area contributed by atoms with Crippen LogP contribution in [0.25, 0.3) is 10.6 Å². The Bertz CT molecular complexity index is 518. The summed E-state index contributed by atoms with van der Waals surface area (Å²) in [6, 6.07) is 5.39. The normalized spacial score (nSPS) is 10.4. The van der Waals surface area contributed by atoms with E-state index in [1.54, 1.807) is 18.3 Å². The third kappa shape index (κ3) is 1.93. The number of thiophene rings is 1. The number of aromatic amines is 1. The molecule has 0 aliphatic carbocycles. The predicted octanol–water partition coefficient (Wildman–Crippen LogP) is 2.57. The summed E-state index contributed by atoms with van der Waals surface area (Å²) in [5.41, 5.74) is 0.610. The van der Waals surface area contributed by atoms with Gasteiger partial charge in [0, 0.05) is 6.07 Å². The van der Waals surface area contributed by atoms with Gasteiger partial charge < -0.3 is 4.98 Å². The van der Waals surface area contributed by atoms with Crippen molar-refractivity contribution in [2.24, 2.45) is 0 Å². The zero-order valence-electron chi connectivity index (χ0n) is 7.37. The Kier molecular flexibility index (Phi) is 2.52. The van der Waals surface area contributed by atoms with Crippen LogP contribution in [0.15, 0.2) is 26.8 Å². The lowest BCUT2D eigenvalue weighted by atomic mass is 10.3. The number of nitrogens with zero attached hydrogens (tertiary/aromatic N) is 1. The lowest BCUT2D eigenvalue weighted by molar-refractivity contribution is 1.03. The highest BCUT2D eigenvalue weighted by molar-refractivity contribution is 9.11. The van der Waals surface area contributed by atoms with Gasteiger partial charge in [-0.1, -0.05) is 0 Å². The van der Waals surface area contributed by atoms with Crippen molar-refractivity contribution in [3.05, 3.63) is 38.2 Å². The smallest absolute Gasteiger partial charge is 0.251 e. The molecule has 3 nitrogen and oxygen atoms in total. The summed E-state index contributed by atoms with van der Waals surface area (Å²) >= 11 is 4.93. The molecule has 0 bridgehead atoms. The van der Waals surface area contributed by atoms with Crippen LogP contribution in [0.2, 0.25) is 0 Å². The lowest BCUT2D eigenvalue weighted by Gasteiger charge is -1.96. The third-order valence-electron chi connectivity index (χ3n) is 1.69. The van der Waals surface area contributed by atoms with E-state index < -0.39 is 0 Å². The molecule has 2 aromatic rings. The van der Waals surface area contributed by atoms with Crippen LogP contribution in [-0.4, -0.2) is 9.97 Å². The summed E-state index contributed by atoms with van der Waals surface area (Å²) in [5.74, 6) is 0.636. The van der Waals surface area contributed by atoms with Crippen LogP contribution in [0.1, 0.15) is 5.82 Å². The number of H-pyrrole nitrogens is 1. The standard InChI is InChI=1S/C9H7BrN2OS/c1-5-11-6(4-9(13)12-5)7-2-3-8(10)14-7/h2-4H,1H3,(H,11,12,13). The molecule has 0 atom stereocenters. The van der Waals surface area contributed by atoms with E-state index in [1.165, 1.54) is 6.07 Å². The summed E-state index contributed by atoms with van der Waals surface area (Å²) in [5, 5.41) is 0. The first-order valence-corrected chi connectivity index (χ1v) is 5.60. The summed E-state index contributed by atoms with van der Waals surface area (Å²) in [6.45, 7) is 1.77. The maximum atomic E-state index is 11.2. The van der Waals surface area contributed by atoms with Crippen LogP contribution in [0.4, 0.5) is 0 Å². The van der Waals surface area contributed by atoms with Gasteiger partial charge in [-0.05, 0) is 35.0 Å². The molecule has 0 saturated heterocycles. The highest BCUT2D eigenvalue weighted by atomic mass is 79.9. The van der Waals surface area contributed by atoms with Crippen molar-refractivity contribution in [1.82, 2.24) is 9.97 Å². The topological polar surface area (TPSA) is 45.8 Å². The second-order valence-electron chi connectivity index (χ2n) is 2.82. The lowest BCUT2D eigenvalue weighted by Crippen LogP contribution is -2.07. The molecule has 0 unspecified atom stereocenters. The van der Waals surface area contributed by atoms with Gasteiger partial charge in [0.2, 0.25) is 0 Å². The molecule has 5 heteroatoms. The van der Waals surface area contributed by atoms with Gasteiger partial charge in [-0.2, -0.15) is 0 Å². The van der Waals surface area contributed by atoms with Gasteiger partial charge in [0.25, 0.3) is 5.56 Å². The average Bonchev–Trinajstić information content (AvgIpc) is 2.50. The summed E-state index contributed by atoms with van der Waals surface area (Å²) in [7, 11) is 0. The third-order valence-corrected chi connectivity index (χ3v) is 3.33. The van der Waals surface area contributed by atoms with Crippen LogP contribution < -0.4 is 5.56 Å². The zero-order valence-corrected chi connectivity index (χ0v) is 9.78. The van der Waals surface area contributed by atoms with Gasteiger partial charge in [-0.3, -0.25) is 4.79 Å². The zero-order chi connectivity index (χ0) is 10.1. The molecule has 0 saturated carbocycles. The maximum Gasteiger partial charge on any atom is 0.251 e. The van der Waals surface area contributed by atoms with Gasteiger partial charge in [-0.15, -0.1) is 11.3 Å². The van der Waals surface area contributed by atoms with Crippen molar-refractivity contribution in [2.45, 2.75) is 6.92 Å². The second kappa shape index (κ2) is 3.67. The maximum absolute atomic E-state index is 11.2. The Balaban J connectivity index is 2.56. The fourth-order valence-electron chi connectivity index (χ4n) is 1.16. The number of aryl methyl sites for hydroxylation is 1. The van der Waals surface area contributed by atoms with E-state index in [0.717, 1.165) is 14.4 Å². The van der Waals surface area contributed by atoms with Crippen LogP contribution >= 0.6 is 27.3 Å². The van der Waals surface area contributed by atoms with E-state index in [-0.39, 0.29) is 5.56 Å². The Labute approximate surface area is 93.0 Å². The van der Waals surface area contributed by atoms with E-state index in [1.807, 2.05) is 12.1 Å². The van der Waals surface area contributed by atoms with E-state index >= 15 is 0 Å². The quantitative estimate of drug-likeness (QED) is 0.866. The number of aromatic nitrogens is 2. The van der Waals surface area contributed by atoms with Crippen molar-refractivity contribution >= 4 is 27.3 Å². The van der Waals surface area contributed by atoms with Crippen molar-refractivity contribution in [3.8, 4) is 10.6 Å². The molecule has 2 aromatic heterocycles. The highest BCUT2D eigenvalue weighted by Crippen LogP contribution is 2.29. The molecule has 72 valence electrons. The molecular weight excluding hydrogens is 264 g/mol. The van der Waals surface area contributed by atoms with Gasteiger partial charge in [-0.25, -0.2) is 4.98 Å². The molecule has 0 aliphatic rings. The van der Waals surface area contributed by atoms with E-state index in [4.69, 9.17) is 0 Å². The van der Waals surface area contributed by atoms with Crippen molar-refractivity contribution in [3.63, 3.8) is 0 Å². The van der Waals surface area contributed by atoms with Crippen molar-refractivity contribution in [1.29, 1.82) is 0 Å². The van der Waals surface area contributed by atoms with Crippen LogP contribution in [0, 0.1) is 6.92 Å². The molecule has 2 heterocycles. The van der Waals surface area contributed by atoms with E-state index in [2.05, 4.69) is 25.9 Å². The van der Waals surface area contributed by atoms with Gasteiger partial charge in [0.05, 0.1) is 14.4 Å². The Morgan fingerprint density at radius 1 is 1.50 bits per heavy atom. The first-order valence-electron chi connectivity index (χ1n) is 3.99. The first-order chi connectivity index (χ1) is 6.65. The number of hydrogen-bond donors (Lipinski definition) is 1. The molecule has 0 aromatic carbocycles. The second-order valence-corrected chi connectivity index (χ2v) is 5.28. The fraction of sp³-hybridized carbons (Fsp3) is 0.111. The van der Waals surface area contributed by atoms with E-state index in [0.29, 0.717) is 5.82 Å². The molecule has 14 heavy (non-hydrogen) atoms. The van der Waals surface area contributed by atoms with Crippen LogP contribution in [0.3, 0.4) is 0 Å². The van der Waals surface area contributed by atoms with Gasteiger partial charge in [0.1, 0.15) is 5.82 Å². The van der Waals surface area contributed by atoms with Crippen molar-refractivity contribution < 1.29 is 0 Å². The minimum Gasteiger partial charge on any atom is -0.311 e. The number of rotatable bonds is 1. The SMILES string of the molecule is Cc1nc(-c2ccc(Br)s2)cc(=O)[nH]1. The minimum atomic E-state index is -0.114. The fourth-order valence-corrected chi connectivity index (χ4v) is 2.50. The average molecular weight is 271 g/mol. The van der Waals surface area contributed by atoms with Crippen LogP contribution in [0.5, 0.6) is 0 Å². The molecule has 1 N–H and O–H groups in total. The largest absolute Gasteiger partial charge is 0.311 e. The minimum absolute atomic E-state index is 0.114. The van der Waals surface area contributed by atoms with Crippen LogP contribution in [-0.2, 0) is 0 Å². The molecule has 0 spiro atoms. The Morgan fingerprint density at radius 3 is 2.86 bits per heavy atom. The number of halogens is 1. The Hall–Kier alpha value is -0.940. The monoisotopic (exact) mass is 270 g/mol. The summed E-state index contributed by atoms with van der Waals surface area (Å²) in [4.78, 5) is 19.0. The first kappa shape index (κ1) is 9.61. The van der Waals surface area contributed by atoms with Crippen molar-refractivity contribution in [2.75, 3.05) is 0 Å². The van der Waals surface area contributed by atoms with Gasteiger partial charge >= 0.3 is 0 Å². The predicted molar refractivity (Wildman–Crippen MR) is 60.6 cm³/mol. The number of nitrogens with one attached hydrogen (secondary N) is 1. The number of hydrogen-bond acceptors (Lipinski definition) is 3. The molecule has 0 amide bonds. The van der Waals surface area contributed by atoms with Gasteiger partial charge in [0.15, 0.2) is 0 Å². The summed E-state index contributed by atoms with van der Waals surface area (Å²) in [6.07, 6.45) is 0. The molecule has 2 rings (SSSR count). The summed E-state index contributed by atoms with van der Waals surface area (Å²) < 4.78 is 1.03. The molecule has 0 aliphatic heterocycles. The molecular formula is C9H7BrN2OS. The molecule has 0 fully saturated rings. The highest BCUT2D eigenvalue weighted by Gasteiger charge is 2.04. The van der Waals surface area contributed by atoms with E-state index in [9.17, 15) is 4.79 Å².